The minimum absolute atomic E-state index is 0.0126. The quantitative estimate of drug-likeness (QED) is 0.766. The number of carbonyl (C=O) groups is 1. The zero-order valence-corrected chi connectivity index (χ0v) is 15.4. The van der Waals surface area contributed by atoms with Crippen molar-refractivity contribution in [2.45, 2.75) is 32.6 Å². The molecule has 0 unspecified atom stereocenters. The smallest absolute Gasteiger partial charge is 0.319 e. The number of hydrogen-bond acceptors (Lipinski definition) is 1. The molecule has 2 rings (SSSR count). The van der Waals surface area contributed by atoms with Crippen LogP contribution in [0.3, 0.4) is 0 Å². The van der Waals surface area contributed by atoms with Gasteiger partial charge in [0.05, 0.1) is 0 Å². The first-order chi connectivity index (χ1) is 10.9. The number of rotatable bonds is 4. The molecule has 0 saturated carbocycles. The second kappa shape index (κ2) is 7.64. The molecular weight excluding hydrogens is 352 g/mol. The van der Waals surface area contributed by atoms with Crippen LogP contribution in [0.2, 0.25) is 0 Å². The zero-order valence-electron chi connectivity index (χ0n) is 13.8. The summed E-state index contributed by atoms with van der Waals surface area (Å²) in [4.78, 5) is 12.1. The molecule has 3 nitrogen and oxygen atoms in total. The Morgan fingerprint density at radius 3 is 2.35 bits per heavy atom. The average molecular weight is 375 g/mol. The van der Waals surface area contributed by atoms with Gasteiger partial charge in [0.2, 0.25) is 0 Å². The van der Waals surface area contributed by atoms with E-state index < -0.39 is 0 Å². The summed E-state index contributed by atoms with van der Waals surface area (Å²) in [6.45, 7) is 7.02. The summed E-state index contributed by atoms with van der Waals surface area (Å²) in [6.07, 6.45) is 0.807. The molecule has 4 heteroatoms. The van der Waals surface area contributed by atoms with Crippen LogP contribution in [0.4, 0.5) is 10.5 Å². The lowest BCUT2D eigenvalue weighted by Crippen LogP contribution is -2.31. The first-order valence-corrected chi connectivity index (χ1v) is 8.54. The molecule has 2 N–H and O–H groups in total. The van der Waals surface area contributed by atoms with Gasteiger partial charge >= 0.3 is 6.03 Å². The predicted octanol–water partition coefficient (Wildman–Crippen LogP) is 5.11. The number of hydrogen-bond donors (Lipinski definition) is 2. The zero-order chi connectivity index (χ0) is 16.9. The van der Waals surface area contributed by atoms with Crippen LogP contribution in [-0.2, 0) is 11.8 Å². The van der Waals surface area contributed by atoms with E-state index in [0.29, 0.717) is 6.54 Å². The lowest BCUT2D eigenvalue weighted by Gasteiger charge is -2.23. The fraction of sp³-hybridized carbons (Fsp3) is 0.316. The summed E-state index contributed by atoms with van der Waals surface area (Å²) < 4.78 is 1.06. The molecule has 0 aliphatic heterocycles. The van der Waals surface area contributed by atoms with Crippen molar-refractivity contribution in [2.75, 3.05) is 11.9 Å². The van der Waals surface area contributed by atoms with Crippen molar-refractivity contribution in [2.24, 2.45) is 0 Å². The van der Waals surface area contributed by atoms with E-state index in [1.54, 1.807) is 0 Å². The monoisotopic (exact) mass is 374 g/mol. The number of para-hydroxylation sites is 1. The van der Waals surface area contributed by atoms with E-state index in [-0.39, 0.29) is 11.4 Å². The van der Waals surface area contributed by atoms with Gasteiger partial charge in [-0.15, -0.1) is 0 Å². The van der Waals surface area contributed by atoms with Gasteiger partial charge in [-0.25, -0.2) is 4.79 Å². The summed E-state index contributed by atoms with van der Waals surface area (Å²) in [5, 5.41) is 5.87. The highest BCUT2D eigenvalue weighted by Gasteiger charge is 2.18. The van der Waals surface area contributed by atoms with Crippen LogP contribution in [0, 0.1) is 0 Å². The van der Waals surface area contributed by atoms with Crippen molar-refractivity contribution in [3.05, 3.63) is 64.1 Å². The predicted molar refractivity (Wildman–Crippen MR) is 100 cm³/mol. The van der Waals surface area contributed by atoms with Crippen molar-refractivity contribution in [1.82, 2.24) is 5.32 Å². The number of amides is 2. The fourth-order valence-corrected chi connectivity index (χ4v) is 2.65. The van der Waals surface area contributed by atoms with Crippen LogP contribution in [0.1, 0.15) is 31.9 Å². The molecule has 0 heterocycles. The molecule has 2 aromatic carbocycles. The molecule has 0 fully saturated rings. The van der Waals surface area contributed by atoms with Crippen molar-refractivity contribution >= 4 is 27.6 Å². The maximum Gasteiger partial charge on any atom is 0.319 e. The first kappa shape index (κ1) is 17.5. The van der Waals surface area contributed by atoms with Gasteiger partial charge in [-0.05, 0) is 41.2 Å². The van der Waals surface area contributed by atoms with Gasteiger partial charge < -0.3 is 10.6 Å². The molecule has 2 aromatic rings. The third kappa shape index (κ3) is 5.39. The number of carbonyl (C=O) groups excluding carboxylic acids is 1. The standard InChI is InChI=1S/C19H23BrN2O/c1-19(2,3)16-6-4-5-7-17(16)22-18(23)21-13-12-14-8-10-15(20)11-9-14/h4-11H,12-13H2,1-3H3,(H2,21,22,23). The molecule has 0 aliphatic rings. The molecule has 0 radical (unpaired) electrons. The Morgan fingerprint density at radius 1 is 1.04 bits per heavy atom. The normalized spacial score (nSPS) is 11.1. The Balaban J connectivity index is 1.89. The second-order valence-corrected chi connectivity index (χ2v) is 7.47. The summed E-state index contributed by atoms with van der Waals surface area (Å²) in [5.74, 6) is 0. The number of halogens is 1. The Hall–Kier alpha value is -1.81. The Kier molecular flexibility index (Phi) is 5.83. The van der Waals surface area contributed by atoms with E-state index in [1.807, 2.05) is 30.3 Å². The van der Waals surface area contributed by atoms with Crippen molar-refractivity contribution in [1.29, 1.82) is 0 Å². The van der Waals surface area contributed by atoms with Crippen LogP contribution in [0.15, 0.2) is 53.0 Å². The maximum absolute atomic E-state index is 12.1. The van der Waals surface area contributed by atoms with Crippen LogP contribution in [-0.4, -0.2) is 12.6 Å². The number of nitrogens with one attached hydrogen (secondary N) is 2. The fourth-order valence-electron chi connectivity index (χ4n) is 2.38. The van der Waals surface area contributed by atoms with Gasteiger partial charge in [0.15, 0.2) is 0 Å². The Bertz CT molecular complexity index is 660. The minimum Gasteiger partial charge on any atom is -0.338 e. The highest BCUT2D eigenvalue weighted by atomic mass is 79.9. The Labute approximate surface area is 146 Å². The third-order valence-electron chi connectivity index (χ3n) is 3.60. The highest BCUT2D eigenvalue weighted by molar-refractivity contribution is 9.10. The van der Waals surface area contributed by atoms with Crippen molar-refractivity contribution in [3.63, 3.8) is 0 Å². The molecule has 122 valence electrons. The molecule has 0 atom stereocenters. The summed E-state index contributed by atoms with van der Waals surface area (Å²) in [7, 11) is 0. The lowest BCUT2D eigenvalue weighted by molar-refractivity contribution is 0.252. The minimum atomic E-state index is -0.168. The van der Waals surface area contributed by atoms with Crippen LogP contribution in [0.25, 0.3) is 0 Å². The largest absolute Gasteiger partial charge is 0.338 e. The van der Waals surface area contributed by atoms with Crippen molar-refractivity contribution < 1.29 is 4.79 Å². The molecule has 23 heavy (non-hydrogen) atoms. The van der Waals surface area contributed by atoms with E-state index in [0.717, 1.165) is 22.1 Å². The van der Waals surface area contributed by atoms with E-state index in [9.17, 15) is 4.79 Å². The molecule has 0 aliphatic carbocycles. The molecule has 0 aromatic heterocycles. The van der Waals surface area contributed by atoms with Gasteiger partial charge in [0.25, 0.3) is 0 Å². The summed E-state index contributed by atoms with van der Waals surface area (Å²) >= 11 is 3.42. The topological polar surface area (TPSA) is 41.1 Å². The summed E-state index contributed by atoms with van der Waals surface area (Å²) in [5.41, 5.74) is 3.18. The van der Waals surface area contributed by atoms with E-state index in [1.165, 1.54) is 5.56 Å². The highest BCUT2D eigenvalue weighted by Crippen LogP contribution is 2.29. The van der Waals surface area contributed by atoms with Gasteiger partial charge in [0.1, 0.15) is 0 Å². The van der Waals surface area contributed by atoms with Crippen LogP contribution >= 0.6 is 15.9 Å². The SMILES string of the molecule is CC(C)(C)c1ccccc1NC(=O)NCCc1ccc(Br)cc1. The molecule has 0 bridgehead atoms. The van der Waals surface area contributed by atoms with E-state index in [2.05, 4.69) is 65.5 Å². The average Bonchev–Trinajstić information content (AvgIpc) is 2.49. The van der Waals surface area contributed by atoms with Crippen molar-refractivity contribution in [3.8, 4) is 0 Å². The van der Waals surface area contributed by atoms with E-state index >= 15 is 0 Å². The van der Waals surface area contributed by atoms with Gasteiger partial charge in [-0.1, -0.05) is 67.0 Å². The summed E-state index contributed by atoms with van der Waals surface area (Å²) in [6, 6.07) is 15.9. The maximum atomic E-state index is 12.1. The number of anilines is 1. The molecule has 2 amide bonds. The van der Waals surface area contributed by atoms with Gasteiger partial charge in [-0.3, -0.25) is 0 Å². The van der Waals surface area contributed by atoms with Crippen LogP contribution in [0.5, 0.6) is 0 Å². The number of benzene rings is 2. The second-order valence-electron chi connectivity index (χ2n) is 6.55. The Morgan fingerprint density at radius 2 is 1.70 bits per heavy atom. The van der Waals surface area contributed by atoms with E-state index in [4.69, 9.17) is 0 Å². The third-order valence-corrected chi connectivity index (χ3v) is 4.12. The van der Waals surface area contributed by atoms with Crippen LogP contribution < -0.4 is 10.6 Å². The van der Waals surface area contributed by atoms with Gasteiger partial charge in [0, 0.05) is 16.7 Å². The molecule has 0 saturated heterocycles. The number of urea groups is 1. The first-order valence-electron chi connectivity index (χ1n) is 7.75. The van der Waals surface area contributed by atoms with Gasteiger partial charge in [-0.2, -0.15) is 0 Å². The molecule has 0 spiro atoms. The lowest BCUT2D eigenvalue weighted by atomic mass is 9.86. The molecular formula is C19H23BrN2O.